The van der Waals surface area contributed by atoms with E-state index in [-0.39, 0.29) is 98.5 Å². The molecule has 5 aromatic carbocycles. The predicted octanol–water partition coefficient (Wildman–Crippen LogP) is 4.23. The number of rotatable bonds is 13. The van der Waals surface area contributed by atoms with Gasteiger partial charge in [0.2, 0.25) is 29.5 Å². The van der Waals surface area contributed by atoms with Crippen molar-refractivity contribution in [2.24, 2.45) is 22.4 Å². The highest BCUT2D eigenvalue weighted by Crippen LogP contribution is 2.46. The lowest BCUT2D eigenvalue weighted by Crippen LogP contribution is -2.61. The number of nitrogens with two attached hydrogens (primary N) is 2. The lowest BCUT2D eigenvalue weighted by molar-refractivity contribution is -0.142. The van der Waals surface area contributed by atoms with Crippen molar-refractivity contribution >= 4 is 47.6 Å². The summed E-state index contributed by atoms with van der Waals surface area (Å²) in [5, 5.41) is 47.4. The van der Waals surface area contributed by atoms with Crippen molar-refractivity contribution in [1.82, 2.24) is 31.5 Å². The van der Waals surface area contributed by atoms with Crippen LogP contribution < -0.4 is 42.8 Å². The van der Waals surface area contributed by atoms with Crippen molar-refractivity contribution in [1.29, 1.82) is 0 Å². The Morgan fingerprint density at radius 2 is 1.49 bits per heavy atom. The molecule has 0 spiro atoms. The van der Waals surface area contributed by atoms with Crippen LogP contribution in [0.4, 0.5) is 4.79 Å². The number of likely N-dealkylation sites (tertiary alicyclic amines) is 1. The average molecular weight is 1090 g/mol. The summed E-state index contributed by atoms with van der Waals surface area (Å²) in [6.07, 6.45) is -0.177. The van der Waals surface area contributed by atoms with Crippen molar-refractivity contribution in [3.8, 4) is 45.3 Å². The van der Waals surface area contributed by atoms with Crippen LogP contribution in [-0.2, 0) is 52.8 Å². The molecule has 10 rings (SSSR count). The molecule has 8 bridgehead atoms. The average Bonchev–Trinajstić information content (AvgIpc) is 4.18. The van der Waals surface area contributed by atoms with Gasteiger partial charge in [-0.2, -0.15) is 0 Å². The van der Waals surface area contributed by atoms with Crippen molar-refractivity contribution in [3.05, 3.63) is 131 Å². The highest BCUT2D eigenvalue weighted by atomic mass is 16.5. The number of ether oxygens (including phenoxy) is 2. The third-order valence-electron chi connectivity index (χ3n) is 15.3. The van der Waals surface area contributed by atoms with Gasteiger partial charge < -0.3 is 67.7 Å². The van der Waals surface area contributed by atoms with Gasteiger partial charge in [0.1, 0.15) is 54.4 Å². The quantitative estimate of drug-likeness (QED) is 0.0448. The number of benzene rings is 5. The van der Waals surface area contributed by atoms with Gasteiger partial charge in [0, 0.05) is 49.4 Å². The molecule has 80 heavy (non-hydrogen) atoms. The number of phenolic OH excluding ortho intramolecular Hbond substituents is 2. The number of carboxylic acids is 1. The van der Waals surface area contributed by atoms with E-state index in [1.807, 2.05) is 48.5 Å². The van der Waals surface area contributed by atoms with Crippen LogP contribution in [0.15, 0.2) is 108 Å². The Bertz CT molecular complexity index is 3190. The summed E-state index contributed by atoms with van der Waals surface area (Å²) in [5.74, 6) is -6.50. The number of aromatic hydroxyl groups is 2. The Morgan fingerprint density at radius 1 is 0.800 bits per heavy atom. The number of phenols is 2. The van der Waals surface area contributed by atoms with Crippen LogP contribution in [0.5, 0.6) is 23.0 Å². The van der Waals surface area contributed by atoms with Gasteiger partial charge in [0.05, 0.1) is 0 Å². The Kier molecular flexibility index (Phi) is 16.9. The van der Waals surface area contributed by atoms with Crippen molar-refractivity contribution in [3.63, 3.8) is 0 Å². The van der Waals surface area contributed by atoms with E-state index in [1.165, 1.54) is 35.2 Å². The van der Waals surface area contributed by atoms with Crippen molar-refractivity contribution in [2.45, 2.75) is 107 Å². The first-order valence-electron chi connectivity index (χ1n) is 26.8. The standard InChI is InChI=1S/C59H65N9O12/c1-3-31(2)50-55(74)64-45-28-34-25-41(51(70)49(29-34)80-35-19-16-32(17-20-35)26-46(57(76)77)65-52(45)71)40-24-33(18-21-48(40)69)27-44(53(72)67-50)63-54(73)47-15-9-23-68(47)56(75)43(14-8-22-62-58(60)61)66-59(78)79-30-42-38-12-6-4-10-36(38)37-11-5-7-13-39(37)42/h4-7,10-13,16-21,24-25,29,31,42-47,50,69-70H,3,8-9,14-15,22-23,26-28,30H2,1-2H3,(H,63,73)(H,64,74)(H,65,71)(H,66,78)(H,67,72)(H,76,77)(H4,60,61,62). The molecule has 0 radical (unpaired) electrons. The van der Waals surface area contributed by atoms with Crippen molar-refractivity contribution in [2.75, 3.05) is 19.7 Å². The van der Waals surface area contributed by atoms with E-state index < -0.39 is 89.5 Å². The van der Waals surface area contributed by atoms with Gasteiger partial charge in [-0.05, 0) is 107 Å². The number of nitrogens with zero attached hydrogens (tertiary/aromatic N) is 2. The second-order valence-corrected chi connectivity index (χ2v) is 20.8. The largest absolute Gasteiger partial charge is 0.507 e. The number of fused-ring (bicyclic) bond motifs is 12. The number of aliphatic imine (C=N–C) groups is 1. The third-order valence-corrected chi connectivity index (χ3v) is 15.3. The Labute approximate surface area is 461 Å². The van der Waals surface area contributed by atoms with Gasteiger partial charge in [-0.15, -0.1) is 0 Å². The molecule has 7 atom stereocenters. The number of hydrogen-bond acceptors (Lipinski definition) is 12. The molecule has 4 aliphatic heterocycles. The van der Waals surface area contributed by atoms with E-state index in [9.17, 15) is 48.9 Å². The van der Waals surface area contributed by atoms with Crippen LogP contribution in [0.25, 0.3) is 22.3 Å². The number of carboxylic acid groups (broad SMARTS) is 1. The zero-order chi connectivity index (χ0) is 56.8. The monoisotopic (exact) mass is 1090 g/mol. The fraction of sp³-hybridized carbons (Fsp3) is 0.356. The summed E-state index contributed by atoms with van der Waals surface area (Å²) in [7, 11) is 0. The lowest BCUT2D eigenvalue weighted by atomic mass is 9.94. The summed E-state index contributed by atoms with van der Waals surface area (Å²) in [5.41, 5.74) is 16.7. The second-order valence-electron chi connectivity index (χ2n) is 20.8. The number of aliphatic carboxylic acids is 1. The van der Waals surface area contributed by atoms with E-state index in [0.717, 1.165) is 22.3 Å². The molecule has 1 aliphatic carbocycles. The van der Waals surface area contributed by atoms with E-state index in [2.05, 4.69) is 31.6 Å². The third kappa shape index (κ3) is 12.4. The maximum absolute atomic E-state index is 14.8. The maximum Gasteiger partial charge on any atom is 0.407 e. The van der Waals surface area contributed by atoms with E-state index in [4.69, 9.17) is 20.9 Å². The van der Waals surface area contributed by atoms with Crippen LogP contribution in [0.1, 0.15) is 79.7 Å². The van der Waals surface area contributed by atoms with Gasteiger partial charge in [-0.25, -0.2) is 9.59 Å². The zero-order valence-corrected chi connectivity index (χ0v) is 44.3. The molecule has 5 aromatic rings. The Hall–Kier alpha value is -9.14. The minimum absolute atomic E-state index is 0.0178. The molecular weight excluding hydrogens is 1030 g/mol. The minimum Gasteiger partial charge on any atom is -0.507 e. The highest BCUT2D eigenvalue weighted by molar-refractivity contribution is 5.97. The smallest absolute Gasteiger partial charge is 0.407 e. The number of amides is 6. The van der Waals surface area contributed by atoms with Crippen molar-refractivity contribution < 1.29 is 58.4 Å². The summed E-state index contributed by atoms with van der Waals surface area (Å²) >= 11 is 0. The maximum atomic E-state index is 14.8. The topological polar surface area (TPSA) is 326 Å². The zero-order valence-electron chi connectivity index (χ0n) is 44.3. The molecular formula is C59H65N9O12. The number of hydrogen-bond donors (Lipinski definition) is 10. The number of guanidine groups is 1. The predicted molar refractivity (Wildman–Crippen MR) is 294 cm³/mol. The van der Waals surface area contributed by atoms with Gasteiger partial charge in [0.15, 0.2) is 17.5 Å². The molecule has 0 aromatic heterocycles. The normalized spacial score (nSPS) is 20.4. The van der Waals surface area contributed by atoms with Gasteiger partial charge in [-0.1, -0.05) is 87.0 Å². The fourth-order valence-electron chi connectivity index (χ4n) is 10.9. The molecule has 4 heterocycles. The molecule has 12 N–H and O–H groups in total. The lowest BCUT2D eigenvalue weighted by Gasteiger charge is -2.31. The highest BCUT2D eigenvalue weighted by Gasteiger charge is 2.41. The van der Waals surface area contributed by atoms with Crippen LogP contribution in [0.3, 0.4) is 0 Å². The first kappa shape index (κ1) is 55.6. The second kappa shape index (κ2) is 24.3. The van der Waals surface area contributed by atoms with Gasteiger partial charge in [-0.3, -0.25) is 29.0 Å². The Morgan fingerprint density at radius 3 is 2.17 bits per heavy atom. The molecule has 5 aliphatic rings. The van der Waals surface area contributed by atoms with Crippen LogP contribution in [-0.4, -0.2) is 124 Å². The van der Waals surface area contributed by atoms with Gasteiger partial charge in [0.25, 0.3) is 0 Å². The van der Waals surface area contributed by atoms with E-state index >= 15 is 0 Å². The number of carbonyl (C=O) groups is 7. The fourth-order valence-corrected chi connectivity index (χ4v) is 10.9. The summed E-state index contributed by atoms with van der Waals surface area (Å²) in [6.45, 7) is 3.77. The molecule has 0 saturated carbocycles. The number of nitrogens with one attached hydrogen (secondary N) is 5. The van der Waals surface area contributed by atoms with Gasteiger partial charge >= 0.3 is 12.1 Å². The molecule has 21 heteroatoms. The first-order chi connectivity index (χ1) is 38.5. The number of carbonyl (C=O) groups excluding carboxylic acids is 6. The van der Waals surface area contributed by atoms with Crippen LogP contribution in [0.2, 0.25) is 0 Å². The van der Waals surface area contributed by atoms with Crippen LogP contribution in [0, 0.1) is 5.92 Å². The minimum atomic E-state index is -1.46. The SMILES string of the molecule is CCC(C)C1NC(=O)C(NC(=O)C2CCCN2C(=O)C(CCCN=C(N)N)NC(=O)OCC2c3ccccc3-c3ccccc32)Cc2ccc(O)c(c2)-c2cc3cc(c2O)Oc2ccc(cc2)CC(C(=O)O)NC(=O)C(C3)NC1=O. The Balaban J connectivity index is 1.01. The van der Waals surface area contributed by atoms with E-state index in [1.54, 1.807) is 38.1 Å². The summed E-state index contributed by atoms with van der Waals surface area (Å²) in [4.78, 5) is 105. The summed E-state index contributed by atoms with van der Waals surface area (Å²) in [6, 6.07) is 21.6. The first-order valence-corrected chi connectivity index (χ1v) is 26.8. The molecule has 418 valence electrons. The molecule has 7 unspecified atom stereocenters. The van der Waals surface area contributed by atoms with Crippen LogP contribution >= 0.6 is 0 Å². The molecule has 21 nitrogen and oxygen atoms in total. The molecule has 1 saturated heterocycles. The summed E-state index contributed by atoms with van der Waals surface area (Å²) < 4.78 is 12.0. The van der Waals surface area contributed by atoms with E-state index in [0.29, 0.717) is 29.5 Å². The number of alkyl carbamates (subject to hydrolysis) is 1. The molecule has 6 amide bonds. The molecule has 1 fully saturated rings.